The van der Waals surface area contributed by atoms with Gasteiger partial charge in [0.1, 0.15) is 17.3 Å². The lowest BCUT2D eigenvalue weighted by Crippen LogP contribution is -2.22. The number of nitrogens with two attached hydrogens (primary N) is 2. The first-order valence-corrected chi connectivity index (χ1v) is 7.13. The Labute approximate surface area is 134 Å². The van der Waals surface area contributed by atoms with Crippen LogP contribution in [0.3, 0.4) is 0 Å². The van der Waals surface area contributed by atoms with Gasteiger partial charge in [0.15, 0.2) is 0 Å². The number of allylic oxidation sites excluding steroid dienone is 2. The van der Waals surface area contributed by atoms with Gasteiger partial charge in [0, 0.05) is 11.3 Å². The Kier molecular flexibility index (Phi) is 5.46. The Morgan fingerprint density at radius 3 is 2.83 bits per heavy atom. The lowest BCUT2D eigenvalue weighted by Gasteiger charge is -2.08. The molecule has 0 radical (unpaired) electrons. The second-order valence-corrected chi connectivity index (χ2v) is 4.91. The van der Waals surface area contributed by atoms with Crippen LogP contribution in [0.5, 0.6) is 0 Å². The van der Waals surface area contributed by atoms with Gasteiger partial charge in [0.05, 0.1) is 6.54 Å². The fourth-order valence-electron chi connectivity index (χ4n) is 1.96. The van der Waals surface area contributed by atoms with E-state index < -0.39 is 0 Å². The van der Waals surface area contributed by atoms with Crippen LogP contribution in [0.2, 0.25) is 0 Å². The number of rotatable bonds is 6. The van der Waals surface area contributed by atoms with E-state index in [0.29, 0.717) is 29.4 Å². The Bertz CT molecular complexity index is 732. The van der Waals surface area contributed by atoms with Gasteiger partial charge in [0.25, 0.3) is 5.91 Å². The summed E-state index contributed by atoms with van der Waals surface area (Å²) in [6.07, 6.45) is 4.63. The SMILES string of the molecule is Cc1ccc(CNC(=O)c2cccc(N/C(N)=C/C=C\N)c2)o1. The van der Waals surface area contributed by atoms with E-state index in [-0.39, 0.29) is 5.91 Å². The molecule has 2 rings (SSSR count). The van der Waals surface area contributed by atoms with E-state index in [2.05, 4.69) is 10.6 Å². The van der Waals surface area contributed by atoms with Gasteiger partial charge in [0.2, 0.25) is 0 Å². The maximum Gasteiger partial charge on any atom is 0.251 e. The van der Waals surface area contributed by atoms with Crippen molar-refractivity contribution in [3.63, 3.8) is 0 Å². The fourth-order valence-corrected chi connectivity index (χ4v) is 1.96. The van der Waals surface area contributed by atoms with E-state index >= 15 is 0 Å². The zero-order valence-corrected chi connectivity index (χ0v) is 12.9. The second-order valence-electron chi connectivity index (χ2n) is 4.91. The van der Waals surface area contributed by atoms with Crippen LogP contribution >= 0.6 is 0 Å². The molecule has 0 aliphatic rings. The molecule has 1 amide bonds. The van der Waals surface area contributed by atoms with E-state index in [1.807, 2.05) is 25.1 Å². The number of anilines is 1. The lowest BCUT2D eigenvalue weighted by molar-refractivity contribution is 0.0948. The quantitative estimate of drug-likeness (QED) is 0.612. The van der Waals surface area contributed by atoms with E-state index in [1.165, 1.54) is 6.20 Å². The number of amides is 1. The third-order valence-corrected chi connectivity index (χ3v) is 3.02. The van der Waals surface area contributed by atoms with Gasteiger partial charge in [-0.1, -0.05) is 6.07 Å². The monoisotopic (exact) mass is 312 g/mol. The summed E-state index contributed by atoms with van der Waals surface area (Å²) >= 11 is 0. The van der Waals surface area contributed by atoms with Crippen molar-refractivity contribution >= 4 is 11.6 Å². The average molecular weight is 312 g/mol. The first-order valence-electron chi connectivity index (χ1n) is 7.13. The number of aryl methyl sites for hydroxylation is 1. The van der Waals surface area contributed by atoms with Crippen LogP contribution in [0, 0.1) is 6.92 Å². The molecular formula is C17H20N4O2. The normalized spacial score (nSPS) is 11.6. The van der Waals surface area contributed by atoms with Crippen LogP contribution in [0.15, 0.2) is 65.0 Å². The predicted molar refractivity (Wildman–Crippen MR) is 90.3 cm³/mol. The Morgan fingerprint density at radius 2 is 2.13 bits per heavy atom. The van der Waals surface area contributed by atoms with Gasteiger partial charge >= 0.3 is 0 Å². The molecule has 0 aliphatic carbocycles. The molecule has 0 fully saturated rings. The van der Waals surface area contributed by atoms with Gasteiger partial charge < -0.3 is 26.5 Å². The summed E-state index contributed by atoms with van der Waals surface area (Å²) in [5.74, 6) is 1.77. The Morgan fingerprint density at radius 1 is 1.30 bits per heavy atom. The highest BCUT2D eigenvalue weighted by molar-refractivity contribution is 5.95. The first-order chi connectivity index (χ1) is 11.1. The molecule has 23 heavy (non-hydrogen) atoms. The maximum atomic E-state index is 12.2. The Hall–Kier alpha value is -3.15. The molecule has 0 saturated carbocycles. The maximum absolute atomic E-state index is 12.2. The van der Waals surface area contributed by atoms with Crippen LogP contribution in [0.25, 0.3) is 0 Å². The molecule has 0 unspecified atom stereocenters. The molecule has 0 bridgehead atoms. The minimum absolute atomic E-state index is 0.188. The van der Waals surface area contributed by atoms with Gasteiger partial charge in [-0.15, -0.1) is 0 Å². The highest BCUT2D eigenvalue weighted by Crippen LogP contribution is 2.12. The summed E-state index contributed by atoms with van der Waals surface area (Å²) in [6, 6.07) is 10.7. The van der Waals surface area contributed by atoms with Crippen LogP contribution in [0.4, 0.5) is 5.69 Å². The second kappa shape index (κ2) is 7.74. The van der Waals surface area contributed by atoms with E-state index in [1.54, 1.807) is 30.4 Å². The molecule has 6 N–H and O–H groups in total. The molecule has 2 aromatic rings. The van der Waals surface area contributed by atoms with Crippen molar-refractivity contribution in [2.24, 2.45) is 11.5 Å². The van der Waals surface area contributed by atoms with E-state index in [4.69, 9.17) is 15.9 Å². The van der Waals surface area contributed by atoms with Gasteiger partial charge in [-0.2, -0.15) is 0 Å². The molecule has 120 valence electrons. The number of benzene rings is 1. The van der Waals surface area contributed by atoms with Gasteiger partial charge in [-0.3, -0.25) is 4.79 Å². The largest absolute Gasteiger partial charge is 0.465 e. The molecule has 6 nitrogen and oxygen atoms in total. The van der Waals surface area contributed by atoms with E-state index in [9.17, 15) is 4.79 Å². The predicted octanol–water partition coefficient (Wildman–Crippen LogP) is 2.20. The summed E-state index contributed by atoms with van der Waals surface area (Å²) < 4.78 is 5.42. The van der Waals surface area contributed by atoms with Crippen molar-refractivity contribution in [1.82, 2.24) is 5.32 Å². The molecule has 6 heteroatoms. The van der Waals surface area contributed by atoms with Crippen LogP contribution in [-0.2, 0) is 6.54 Å². The summed E-state index contributed by atoms with van der Waals surface area (Å²) in [5, 5.41) is 5.79. The summed E-state index contributed by atoms with van der Waals surface area (Å²) in [5.41, 5.74) is 12.3. The third-order valence-electron chi connectivity index (χ3n) is 3.02. The topological polar surface area (TPSA) is 106 Å². The van der Waals surface area contributed by atoms with Gasteiger partial charge in [-0.05, 0) is 55.6 Å². The standard InChI is InChI=1S/C17H20N4O2/c1-12-7-8-15(23-12)11-20-17(22)13-4-2-5-14(10-13)21-16(19)6-3-9-18/h2-10,21H,11,18-19H2,1H3,(H,20,22)/b9-3-,16-6+. The fraction of sp³-hybridized carbons (Fsp3) is 0.118. The molecule has 0 spiro atoms. The molecule has 0 aliphatic heterocycles. The van der Waals surface area contributed by atoms with Crippen LogP contribution < -0.4 is 22.1 Å². The minimum Gasteiger partial charge on any atom is -0.465 e. The van der Waals surface area contributed by atoms with Crippen molar-refractivity contribution in [2.45, 2.75) is 13.5 Å². The number of hydrogen-bond donors (Lipinski definition) is 4. The number of hydrogen-bond acceptors (Lipinski definition) is 5. The molecule has 0 atom stereocenters. The molecule has 1 aromatic carbocycles. The lowest BCUT2D eigenvalue weighted by atomic mass is 10.2. The zero-order chi connectivity index (χ0) is 16.7. The zero-order valence-electron chi connectivity index (χ0n) is 12.9. The summed E-state index contributed by atoms with van der Waals surface area (Å²) in [4.78, 5) is 12.2. The highest BCUT2D eigenvalue weighted by atomic mass is 16.3. The van der Waals surface area contributed by atoms with Crippen molar-refractivity contribution in [3.8, 4) is 0 Å². The van der Waals surface area contributed by atoms with Crippen molar-refractivity contribution in [2.75, 3.05) is 5.32 Å². The highest BCUT2D eigenvalue weighted by Gasteiger charge is 2.07. The minimum atomic E-state index is -0.188. The molecule has 1 aromatic heterocycles. The first kappa shape index (κ1) is 16.2. The Balaban J connectivity index is 1.99. The van der Waals surface area contributed by atoms with Crippen molar-refractivity contribution < 1.29 is 9.21 Å². The van der Waals surface area contributed by atoms with Crippen molar-refractivity contribution in [3.05, 3.63) is 77.7 Å². The van der Waals surface area contributed by atoms with Crippen LogP contribution in [0.1, 0.15) is 21.9 Å². The molecule has 1 heterocycles. The molecule has 0 saturated heterocycles. The third kappa shape index (κ3) is 4.96. The molecular weight excluding hydrogens is 292 g/mol. The number of carbonyl (C=O) groups is 1. The smallest absolute Gasteiger partial charge is 0.251 e. The summed E-state index contributed by atoms with van der Waals surface area (Å²) in [7, 11) is 0. The number of carbonyl (C=O) groups excluding carboxylic acids is 1. The van der Waals surface area contributed by atoms with Crippen molar-refractivity contribution in [1.29, 1.82) is 0 Å². The average Bonchev–Trinajstić information content (AvgIpc) is 2.96. The number of nitrogens with one attached hydrogen (secondary N) is 2. The van der Waals surface area contributed by atoms with E-state index in [0.717, 1.165) is 5.76 Å². The number of furan rings is 1. The van der Waals surface area contributed by atoms with Crippen LogP contribution in [-0.4, -0.2) is 5.91 Å². The summed E-state index contributed by atoms with van der Waals surface area (Å²) in [6.45, 7) is 2.20. The van der Waals surface area contributed by atoms with Gasteiger partial charge in [-0.25, -0.2) is 0 Å².